The molecule has 0 radical (unpaired) electrons. The molecule has 19 heavy (non-hydrogen) atoms. The van der Waals surface area contributed by atoms with Crippen molar-refractivity contribution >= 4 is 16.9 Å². The number of aromatic nitrogens is 2. The van der Waals surface area contributed by atoms with Crippen molar-refractivity contribution in [3.63, 3.8) is 0 Å². The largest absolute Gasteiger partial charge is 0.352 e. The van der Waals surface area contributed by atoms with Crippen LogP contribution in [0.4, 0.5) is 0 Å². The molecule has 1 aliphatic carbocycles. The van der Waals surface area contributed by atoms with Crippen LogP contribution in [0, 0.1) is 5.92 Å². The zero-order chi connectivity index (χ0) is 13.4. The minimum absolute atomic E-state index is 0.0596. The van der Waals surface area contributed by atoms with E-state index in [1.54, 1.807) is 0 Å². The number of hydrogen-bond donors (Lipinski definition) is 4. The Labute approximate surface area is 109 Å². The van der Waals surface area contributed by atoms with Crippen molar-refractivity contribution in [2.24, 2.45) is 11.7 Å². The van der Waals surface area contributed by atoms with Crippen molar-refractivity contribution in [3.8, 4) is 0 Å². The molecule has 1 aliphatic rings. The maximum atomic E-state index is 11.8. The van der Waals surface area contributed by atoms with E-state index in [2.05, 4.69) is 15.3 Å². The second-order valence-corrected chi connectivity index (χ2v) is 5.11. The fourth-order valence-corrected chi connectivity index (χ4v) is 2.40. The van der Waals surface area contributed by atoms with E-state index < -0.39 is 0 Å². The van der Waals surface area contributed by atoms with Gasteiger partial charge in [0.1, 0.15) is 0 Å². The number of aromatic amines is 2. The van der Waals surface area contributed by atoms with Crippen LogP contribution in [0.15, 0.2) is 23.0 Å². The molecule has 1 fully saturated rings. The van der Waals surface area contributed by atoms with E-state index in [9.17, 15) is 9.59 Å². The van der Waals surface area contributed by atoms with Gasteiger partial charge >= 0.3 is 5.69 Å². The number of imidazole rings is 1. The van der Waals surface area contributed by atoms with E-state index in [4.69, 9.17) is 5.73 Å². The molecule has 5 N–H and O–H groups in total. The molecule has 0 spiro atoms. The SMILES string of the molecule is NC1CC(C(=O)NCc2ccc3[nH]c(=O)[nH]c3c2)C1. The van der Waals surface area contributed by atoms with Crippen LogP contribution in [0.25, 0.3) is 11.0 Å². The molecule has 6 nitrogen and oxygen atoms in total. The molecular weight excluding hydrogens is 244 g/mol. The summed E-state index contributed by atoms with van der Waals surface area (Å²) in [6, 6.07) is 5.75. The molecule has 1 saturated carbocycles. The fraction of sp³-hybridized carbons (Fsp3) is 0.385. The second kappa shape index (κ2) is 4.55. The summed E-state index contributed by atoms with van der Waals surface area (Å²) < 4.78 is 0. The summed E-state index contributed by atoms with van der Waals surface area (Å²) in [5, 5.41) is 2.90. The van der Waals surface area contributed by atoms with E-state index in [-0.39, 0.29) is 23.6 Å². The minimum atomic E-state index is -0.223. The van der Waals surface area contributed by atoms with Crippen LogP contribution in [0.2, 0.25) is 0 Å². The molecule has 0 saturated heterocycles. The zero-order valence-electron chi connectivity index (χ0n) is 10.4. The number of carbonyl (C=O) groups excluding carboxylic acids is 1. The lowest BCUT2D eigenvalue weighted by molar-refractivity contribution is -0.128. The highest BCUT2D eigenvalue weighted by Crippen LogP contribution is 2.25. The first-order valence-electron chi connectivity index (χ1n) is 6.36. The van der Waals surface area contributed by atoms with Gasteiger partial charge in [-0.2, -0.15) is 0 Å². The van der Waals surface area contributed by atoms with Gasteiger partial charge in [-0.15, -0.1) is 0 Å². The molecular formula is C13H16N4O2. The van der Waals surface area contributed by atoms with Crippen molar-refractivity contribution in [1.29, 1.82) is 0 Å². The van der Waals surface area contributed by atoms with Gasteiger partial charge in [0.15, 0.2) is 0 Å². The summed E-state index contributed by atoms with van der Waals surface area (Å²) in [6.45, 7) is 0.466. The number of rotatable bonds is 3. The van der Waals surface area contributed by atoms with Crippen LogP contribution in [-0.2, 0) is 11.3 Å². The number of nitrogens with two attached hydrogens (primary N) is 1. The number of H-pyrrole nitrogens is 2. The molecule has 100 valence electrons. The molecule has 3 rings (SSSR count). The molecule has 0 bridgehead atoms. The van der Waals surface area contributed by atoms with E-state index in [0.29, 0.717) is 6.54 Å². The molecule has 1 aromatic carbocycles. The highest BCUT2D eigenvalue weighted by molar-refractivity contribution is 5.80. The lowest BCUT2D eigenvalue weighted by atomic mass is 9.80. The Bertz CT molecular complexity index is 667. The molecule has 0 atom stereocenters. The molecule has 1 heterocycles. The Morgan fingerprint density at radius 3 is 2.79 bits per heavy atom. The first kappa shape index (κ1) is 12.0. The van der Waals surface area contributed by atoms with Crippen LogP contribution in [0.3, 0.4) is 0 Å². The monoisotopic (exact) mass is 260 g/mol. The average molecular weight is 260 g/mol. The normalized spacial score (nSPS) is 22.2. The Balaban J connectivity index is 1.64. The number of fused-ring (bicyclic) bond motifs is 1. The highest BCUT2D eigenvalue weighted by Gasteiger charge is 2.31. The second-order valence-electron chi connectivity index (χ2n) is 5.11. The third-order valence-corrected chi connectivity index (χ3v) is 3.59. The first-order valence-corrected chi connectivity index (χ1v) is 6.36. The molecule has 1 amide bonds. The van der Waals surface area contributed by atoms with Gasteiger partial charge in [-0.3, -0.25) is 4.79 Å². The van der Waals surface area contributed by atoms with E-state index in [1.165, 1.54) is 0 Å². The fourth-order valence-electron chi connectivity index (χ4n) is 2.40. The summed E-state index contributed by atoms with van der Waals surface area (Å²) in [5.41, 5.74) is 7.92. The van der Waals surface area contributed by atoms with Crippen LogP contribution in [-0.4, -0.2) is 21.9 Å². The first-order chi connectivity index (χ1) is 9.11. The van der Waals surface area contributed by atoms with Crippen molar-refractivity contribution < 1.29 is 4.79 Å². The zero-order valence-corrected chi connectivity index (χ0v) is 10.4. The predicted octanol–water partition coefficient (Wildman–Crippen LogP) is 0.210. The van der Waals surface area contributed by atoms with Gasteiger partial charge in [-0.05, 0) is 30.5 Å². The summed E-state index contributed by atoms with van der Waals surface area (Å²) in [7, 11) is 0. The van der Waals surface area contributed by atoms with E-state index in [1.807, 2.05) is 18.2 Å². The number of nitrogens with one attached hydrogen (secondary N) is 3. The topological polar surface area (TPSA) is 104 Å². The standard InChI is InChI=1S/C13H16N4O2/c14-9-4-8(5-9)12(18)15-6-7-1-2-10-11(3-7)17-13(19)16-10/h1-3,8-9H,4-6,14H2,(H,15,18)(H2,16,17,19). The van der Waals surface area contributed by atoms with Crippen molar-refractivity contribution in [3.05, 3.63) is 34.2 Å². The Morgan fingerprint density at radius 1 is 1.32 bits per heavy atom. The smallest absolute Gasteiger partial charge is 0.323 e. The molecule has 6 heteroatoms. The van der Waals surface area contributed by atoms with Gasteiger partial charge < -0.3 is 21.0 Å². The minimum Gasteiger partial charge on any atom is -0.352 e. The van der Waals surface area contributed by atoms with Crippen LogP contribution >= 0.6 is 0 Å². The van der Waals surface area contributed by atoms with Crippen LogP contribution in [0.1, 0.15) is 18.4 Å². The summed E-state index contributed by atoms with van der Waals surface area (Å²) in [6.07, 6.45) is 1.55. The maximum Gasteiger partial charge on any atom is 0.323 e. The number of amides is 1. The lowest BCUT2D eigenvalue weighted by Gasteiger charge is -2.31. The van der Waals surface area contributed by atoms with Gasteiger partial charge in [-0.25, -0.2) is 4.79 Å². The average Bonchev–Trinajstić information content (AvgIpc) is 2.71. The number of hydrogen-bond acceptors (Lipinski definition) is 3. The van der Waals surface area contributed by atoms with Crippen molar-refractivity contribution in [2.75, 3.05) is 0 Å². The number of benzene rings is 1. The molecule has 0 aliphatic heterocycles. The summed E-state index contributed by atoms with van der Waals surface area (Å²) in [4.78, 5) is 28.3. The van der Waals surface area contributed by atoms with E-state index in [0.717, 1.165) is 29.4 Å². The predicted molar refractivity (Wildman–Crippen MR) is 71.5 cm³/mol. The molecule has 1 aromatic heterocycles. The Hall–Kier alpha value is -2.08. The molecule has 2 aromatic rings. The van der Waals surface area contributed by atoms with Gasteiger partial charge in [0.05, 0.1) is 11.0 Å². The maximum absolute atomic E-state index is 11.8. The third-order valence-electron chi connectivity index (χ3n) is 3.59. The van der Waals surface area contributed by atoms with Crippen LogP contribution in [0.5, 0.6) is 0 Å². The van der Waals surface area contributed by atoms with Crippen molar-refractivity contribution in [1.82, 2.24) is 15.3 Å². The summed E-state index contributed by atoms with van der Waals surface area (Å²) in [5.74, 6) is 0.121. The van der Waals surface area contributed by atoms with Gasteiger partial charge in [0, 0.05) is 18.5 Å². The highest BCUT2D eigenvalue weighted by atomic mass is 16.2. The van der Waals surface area contributed by atoms with E-state index >= 15 is 0 Å². The Morgan fingerprint density at radius 2 is 2.05 bits per heavy atom. The van der Waals surface area contributed by atoms with Crippen LogP contribution < -0.4 is 16.7 Å². The van der Waals surface area contributed by atoms with Gasteiger partial charge in [0.25, 0.3) is 0 Å². The molecule has 0 unspecified atom stereocenters. The third kappa shape index (κ3) is 2.39. The Kier molecular flexibility index (Phi) is 2.87. The summed E-state index contributed by atoms with van der Waals surface area (Å²) >= 11 is 0. The van der Waals surface area contributed by atoms with Gasteiger partial charge in [0.2, 0.25) is 5.91 Å². The van der Waals surface area contributed by atoms with Gasteiger partial charge in [-0.1, -0.05) is 6.07 Å². The quantitative estimate of drug-likeness (QED) is 0.634. The number of carbonyl (C=O) groups is 1. The lowest BCUT2D eigenvalue weighted by Crippen LogP contribution is -2.44. The van der Waals surface area contributed by atoms with Crippen molar-refractivity contribution in [2.45, 2.75) is 25.4 Å².